The van der Waals surface area contributed by atoms with Crippen LogP contribution in [-0.2, 0) is 21.6 Å². The minimum Gasteiger partial charge on any atom is -0.376 e. The topological polar surface area (TPSA) is 55.3 Å². The second kappa shape index (κ2) is 5.63. The van der Waals surface area contributed by atoms with E-state index >= 15 is 0 Å². The third kappa shape index (κ3) is 2.54. The minimum absolute atomic E-state index is 0.176. The molecule has 1 spiro atoms. The van der Waals surface area contributed by atoms with Gasteiger partial charge in [-0.3, -0.25) is 4.79 Å². The molecule has 1 aromatic carbocycles. The van der Waals surface area contributed by atoms with E-state index in [-0.39, 0.29) is 11.3 Å². The van der Waals surface area contributed by atoms with E-state index in [1.54, 1.807) is 0 Å². The van der Waals surface area contributed by atoms with Crippen molar-refractivity contribution in [1.29, 1.82) is 0 Å². The zero-order valence-electron chi connectivity index (χ0n) is 14.1. The molecular formula is C20H21N3O2. The highest BCUT2D eigenvalue weighted by Crippen LogP contribution is 2.41. The number of amides is 1. The number of nitrogens with zero attached hydrogens (tertiary/aromatic N) is 3. The Bertz CT molecular complexity index is 819. The van der Waals surface area contributed by atoms with Gasteiger partial charge in [-0.2, -0.15) is 0 Å². The fourth-order valence-electron chi connectivity index (χ4n) is 4.08. The molecular weight excluding hydrogens is 314 g/mol. The van der Waals surface area contributed by atoms with Crippen molar-refractivity contribution in [2.75, 3.05) is 19.7 Å². The molecule has 1 saturated heterocycles. The van der Waals surface area contributed by atoms with Gasteiger partial charge in [0.05, 0.1) is 24.3 Å². The van der Waals surface area contributed by atoms with E-state index in [2.05, 4.69) is 4.98 Å². The maximum Gasteiger partial charge on any atom is 0.225 e. The summed E-state index contributed by atoms with van der Waals surface area (Å²) in [6, 6.07) is 10.1. The van der Waals surface area contributed by atoms with Gasteiger partial charge >= 0.3 is 0 Å². The molecule has 2 fully saturated rings. The standard InChI is InChI=1S/C20H21N3O2/c24-19(15-6-7-15)23-9-8-20(12-23)13-25-11-16-10-21-18(22-17(16)20)14-4-2-1-3-5-14/h1-5,10,15H,6-9,11-13H2. The lowest BCUT2D eigenvalue weighted by Crippen LogP contribution is -2.42. The summed E-state index contributed by atoms with van der Waals surface area (Å²) in [5.74, 6) is 1.35. The Kier molecular flexibility index (Phi) is 3.38. The predicted molar refractivity (Wildman–Crippen MR) is 92.7 cm³/mol. The minimum atomic E-state index is -0.176. The molecule has 1 saturated carbocycles. The van der Waals surface area contributed by atoms with Crippen LogP contribution in [-0.4, -0.2) is 40.5 Å². The molecule has 5 heteroatoms. The van der Waals surface area contributed by atoms with Crippen molar-refractivity contribution in [3.05, 3.63) is 47.8 Å². The van der Waals surface area contributed by atoms with E-state index in [1.807, 2.05) is 41.4 Å². The van der Waals surface area contributed by atoms with Gasteiger partial charge in [-0.25, -0.2) is 9.97 Å². The van der Waals surface area contributed by atoms with Crippen LogP contribution >= 0.6 is 0 Å². The van der Waals surface area contributed by atoms with Crippen LogP contribution in [0.1, 0.15) is 30.5 Å². The molecule has 3 heterocycles. The zero-order chi connectivity index (χ0) is 16.9. The van der Waals surface area contributed by atoms with Crippen LogP contribution in [0.4, 0.5) is 0 Å². The summed E-state index contributed by atoms with van der Waals surface area (Å²) in [6.45, 7) is 2.73. The number of hydrogen-bond donors (Lipinski definition) is 0. The summed E-state index contributed by atoms with van der Waals surface area (Å²) in [7, 11) is 0. The quantitative estimate of drug-likeness (QED) is 0.846. The maximum atomic E-state index is 12.5. The first-order chi connectivity index (χ1) is 12.3. The average Bonchev–Trinajstić information content (AvgIpc) is 3.43. The molecule has 5 nitrogen and oxygen atoms in total. The van der Waals surface area contributed by atoms with Crippen molar-refractivity contribution < 1.29 is 9.53 Å². The molecule has 0 N–H and O–H groups in total. The van der Waals surface area contributed by atoms with Crippen molar-refractivity contribution >= 4 is 5.91 Å². The monoisotopic (exact) mass is 335 g/mol. The summed E-state index contributed by atoms with van der Waals surface area (Å²) < 4.78 is 5.87. The van der Waals surface area contributed by atoms with Gasteiger partial charge in [-0.1, -0.05) is 30.3 Å². The number of rotatable bonds is 2. The van der Waals surface area contributed by atoms with Gasteiger partial charge in [0.25, 0.3) is 0 Å². The first-order valence-electron chi connectivity index (χ1n) is 9.04. The van der Waals surface area contributed by atoms with Crippen LogP contribution in [0.2, 0.25) is 0 Å². The van der Waals surface area contributed by atoms with E-state index in [9.17, 15) is 4.79 Å². The molecule has 0 radical (unpaired) electrons. The van der Waals surface area contributed by atoms with E-state index in [0.717, 1.165) is 55.0 Å². The number of aromatic nitrogens is 2. The predicted octanol–water partition coefficient (Wildman–Crippen LogP) is 2.55. The number of fused-ring (bicyclic) bond motifs is 2. The number of hydrogen-bond acceptors (Lipinski definition) is 4. The lowest BCUT2D eigenvalue weighted by Gasteiger charge is -2.34. The van der Waals surface area contributed by atoms with E-state index in [1.165, 1.54) is 0 Å². The van der Waals surface area contributed by atoms with E-state index < -0.39 is 0 Å². The first-order valence-corrected chi connectivity index (χ1v) is 9.04. The largest absolute Gasteiger partial charge is 0.376 e. The molecule has 5 rings (SSSR count). The van der Waals surface area contributed by atoms with Crippen molar-refractivity contribution in [3.8, 4) is 11.4 Å². The van der Waals surface area contributed by atoms with Gasteiger partial charge < -0.3 is 9.64 Å². The number of benzene rings is 1. The lowest BCUT2D eigenvalue weighted by atomic mass is 9.80. The van der Waals surface area contributed by atoms with Gasteiger partial charge in [0.15, 0.2) is 5.82 Å². The fourth-order valence-corrected chi connectivity index (χ4v) is 4.08. The molecule has 1 unspecified atom stereocenters. The number of ether oxygens (including phenoxy) is 1. The van der Waals surface area contributed by atoms with Gasteiger partial charge in [0, 0.05) is 36.3 Å². The molecule has 3 aliphatic rings. The molecule has 0 bridgehead atoms. The van der Waals surface area contributed by atoms with Crippen molar-refractivity contribution in [3.63, 3.8) is 0 Å². The highest BCUT2D eigenvalue weighted by Gasteiger charge is 2.48. The van der Waals surface area contributed by atoms with Gasteiger partial charge in [-0.15, -0.1) is 0 Å². The maximum absolute atomic E-state index is 12.5. The van der Waals surface area contributed by atoms with Crippen LogP contribution in [0.3, 0.4) is 0 Å². The molecule has 128 valence electrons. The molecule has 25 heavy (non-hydrogen) atoms. The highest BCUT2D eigenvalue weighted by atomic mass is 16.5. The van der Waals surface area contributed by atoms with Crippen molar-refractivity contribution in [1.82, 2.24) is 14.9 Å². The normalized spacial score (nSPS) is 25.2. The van der Waals surface area contributed by atoms with E-state index in [4.69, 9.17) is 9.72 Å². The highest BCUT2D eigenvalue weighted by molar-refractivity contribution is 5.81. The summed E-state index contributed by atoms with van der Waals surface area (Å²) in [4.78, 5) is 24.0. The number of likely N-dealkylation sites (tertiary alicyclic amines) is 1. The lowest BCUT2D eigenvalue weighted by molar-refractivity contribution is -0.131. The Labute approximate surface area is 147 Å². The summed E-state index contributed by atoms with van der Waals surface area (Å²) in [5, 5.41) is 0. The Balaban J connectivity index is 1.51. The van der Waals surface area contributed by atoms with Gasteiger partial charge in [-0.05, 0) is 19.3 Å². The summed E-state index contributed by atoms with van der Waals surface area (Å²) in [6.07, 6.45) is 4.92. The van der Waals surface area contributed by atoms with Crippen LogP contribution < -0.4 is 0 Å². The second-order valence-corrected chi connectivity index (χ2v) is 7.49. The Hall–Kier alpha value is -2.27. The molecule has 2 aromatic rings. The van der Waals surface area contributed by atoms with Gasteiger partial charge in [0.2, 0.25) is 5.91 Å². The molecule has 1 aromatic heterocycles. The molecule has 1 aliphatic carbocycles. The Morgan fingerprint density at radius 3 is 2.88 bits per heavy atom. The fraction of sp³-hybridized carbons (Fsp3) is 0.450. The Morgan fingerprint density at radius 2 is 2.08 bits per heavy atom. The second-order valence-electron chi connectivity index (χ2n) is 7.49. The van der Waals surface area contributed by atoms with Gasteiger partial charge in [0.1, 0.15) is 0 Å². The average molecular weight is 335 g/mol. The Morgan fingerprint density at radius 1 is 1.24 bits per heavy atom. The van der Waals surface area contributed by atoms with Crippen molar-refractivity contribution in [2.24, 2.45) is 5.92 Å². The SMILES string of the molecule is O=C(C1CC1)N1CCC2(COCc3cnc(-c4ccccc4)nc32)C1. The third-order valence-corrected chi connectivity index (χ3v) is 5.63. The molecule has 1 atom stereocenters. The molecule has 2 aliphatic heterocycles. The van der Waals surface area contributed by atoms with Crippen LogP contribution in [0, 0.1) is 5.92 Å². The van der Waals surface area contributed by atoms with Crippen LogP contribution in [0.15, 0.2) is 36.5 Å². The smallest absolute Gasteiger partial charge is 0.225 e. The number of carbonyl (C=O) groups excluding carboxylic acids is 1. The van der Waals surface area contributed by atoms with E-state index in [0.29, 0.717) is 19.1 Å². The van der Waals surface area contributed by atoms with Crippen LogP contribution in [0.5, 0.6) is 0 Å². The summed E-state index contributed by atoms with van der Waals surface area (Å²) in [5.41, 5.74) is 2.99. The first kappa shape index (κ1) is 15.0. The van der Waals surface area contributed by atoms with Crippen LogP contribution in [0.25, 0.3) is 11.4 Å². The number of carbonyl (C=O) groups is 1. The summed E-state index contributed by atoms with van der Waals surface area (Å²) >= 11 is 0. The van der Waals surface area contributed by atoms with Crippen molar-refractivity contribution in [2.45, 2.75) is 31.3 Å². The zero-order valence-corrected chi connectivity index (χ0v) is 14.1. The third-order valence-electron chi connectivity index (χ3n) is 5.63. The molecule has 1 amide bonds.